The molecule has 106 valence electrons. The number of aliphatic carboxylic acids is 1. The lowest BCUT2D eigenvalue weighted by Crippen LogP contribution is -2.29. The molecule has 1 rings (SSSR count). The summed E-state index contributed by atoms with van der Waals surface area (Å²) in [4.78, 5) is 10.4. The smallest absolute Gasteiger partial charge is 0.303 e. The zero-order chi connectivity index (χ0) is 14.4. The van der Waals surface area contributed by atoms with Crippen LogP contribution in [0.1, 0.15) is 23.7 Å². The summed E-state index contributed by atoms with van der Waals surface area (Å²) >= 11 is 0. The van der Waals surface area contributed by atoms with Crippen molar-refractivity contribution in [1.82, 2.24) is 5.32 Å². The summed E-state index contributed by atoms with van der Waals surface area (Å²) < 4.78 is 13.7. The predicted molar refractivity (Wildman–Crippen MR) is 67.3 cm³/mol. The second-order valence-corrected chi connectivity index (χ2v) is 4.31. The van der Waals surface area contributed by atoms with Gasteiger partial charge in [-0.3, -0.25) is 4.79 Å². The predicted octanol–water partition coefficient (Wildman–Crippen LogP) is 0.457. The SMILES string of the molecule is CNCC(O)C(O)c1ccc(CCC(=O)O)c(F)c1. The van der Waals surface area contributed by atoms with E-state index in [0.717, 1.165) is 6.07 Å². The molecule has 0 aliphatic rings. The van der Waals surface area contributed by atoms with Crippen LogP contribution < -0.4 is 5.32 Å². The molecule has 0 spiro atoms. The number of likely N-dealkylation sites (N-methyl/N-ethyl adjacent to an activating group) is 1. The maximum atomic E-state index is 13.7. The molecule has 0 aromatic heterocycles. The van der Waals surface area contributed by atoms with Crippen molar-refractivity contribution in [1.29, 1.82) is 0 Å². The Morgan fingerprint density at radius 2 is 2.11 bits per heavy atom. The summed E-state index contributed by atoms with van der Waals surface area (Å²) in [5.74, 6) is -1.57. The van der Waals surface area contributed by atoms with E-state index in [0.29, 0.717) is 0 Å². The molecule has 0 aliphatic carbocycles. The van der Waals surface area contributed by atoms with Crippen molar-refractivity contribution < 1.29 is 24.5 Å². The van der Waals surface area contributed by atoms with Gasteiger partial charge in [0.25, 0.3) is 0 Å². The largest absolute Gasteiger partial charge is 0.481 e. The van der Waals surface area contributed by atoms with Crippen LogP contribution in [-0.2, 0) is 11.2 Å². The van der Waals surface area contributed by atoms with Crippen molar-refractivity contribution in [3.05, 3.63) is 35.1 Å². The number of carbonyl (C=O) groups is 1. The number of halogens is 1. The standard InChI is InChI=1S/C13H18FNO4/c1-15-7-11(16)13(19)9-3-2-8(10(14)6-9)4-5-12(17)18/h2-3,6,11,13,15-16,19H,4-5,7H2,1H3,(H,17,18). The normalized spacial score (nSPS) is 14.1. The summed E-state index contributed by atoms with van der Waals surface area (Å²) in [6.45, 7) is 0.184. The van der Waals surface area contributed by atoms with Gasteiger partial charge in [0.15, 0.2) is 0 Å². The monoisotopic (exact) mass is 271 g/mol. The highest BCUT2D eigenvalue weighted by Crippen LogP contribution is 2.20. The lowest BCUT2D eigenvalue weighted by Gasteiger charge is -2.18. The second kappa shape index (κ2) is 7.18. The first-order valence-corrected chi connectivity index (χ1v) is 5.96. The summed E-state index contributed by atoms with van der Waals surface area (Å²) in [7, 11) is 1.63. The topological polar surface area (TPSA) is 89.8 Å². The van der Waals surface area contributed by atoms with Gasteiger partial charge in [-0.05, 0) is 30.7 Å². The minimum absolute atomic E-state index is 0.0939. The average Bonchev–Trinajstić information content (AvgIpc) is 2.36. The van der Waals surface area contributed by atoms with E-state index < -0.39 is 24.0 Å². The van der Waals surface area contributed by atoms with Gasteiger partial charge in [-0.1, -0.05) is 12.1 Å². The minimum Gasteiger partial charge on any atom is -0.481 e. The molecule has 0 radical (unpaired) electrons. The van der Waals surface area contributed by atoms with Crippen molar-refractivity contribution in [2.45, 2.75) is 25.0 Å². The van der Waals surface area contributed by atoms with E-state index in [1.54, 1.807) is 7.05 Å². The Morgan fingerprint density at radius 1 is 1.42 bits per heavy atom. The number of carboxylic acids is 1. The molecular weight excluding hydrogens is 253 g/mol. The van der Waals surface area contributed by atoms with Crippen LogP contribution in [0.4, 0.5) is 4.39 Å². The maximum Gasteiger partial charge on any atom is 0.303 e. The van der Waals surface area contributed by atoms with Crippen LogP contribution in [0.25, 0.3) is 0 Å². The fourth-order valence-corrected chi connectivity index (χ4v) is 1.73. The van der Waals surface area contributed by atoms with Gasteiger partial charge < -0.3 is 20.6 Å². The van der Waals surface area contributed by atoms with Crippen LogP contribution in [0.5, 0.6) is 0 Å². The van der Waals surface area contributed by atoms with E-state index in [4.69, 9.17) is 5.11 Å². The Labute approximate surface area is 110 Å². The number of aliphatic hydroxyl groups excluding tert-OH is 2. The molecule has 0 amide bonds. The van der Waals surface area contributed by atoms with Gasteiger partial charge in [-0.15, -0.1) is 0 Å². The van der Waals surface area contributed by atoms with Crippen LogP contribution in [0.3, 0.4) is 0 Å². The third-order valence-electron chi connectivity index (χ3n) is 2.80. The molecule has 5 nitrogen and oxygen atoms in total. The third kappa shape index (κ3) is 4.59. The van der Waals surface area contributed by atoms with Gasteiger partial charge in [0.2, 0.25) is 0 Å². The molecule has 0 heterocycles. The summed E-state index contributed by atoms with van der Waals surface area (Å²) in [6, 6.07) is 4.05. The van der Waals surface area contributed by atoms with E-state index in [1.807, 2.05) is 0 Å². The van der Waals surface area contributed by atoms with E-state index >= 15 is 0 Å². The van der Waals surface area contributed by atoms with E-state index in [2.05, 4.69) is 5.32 Å². The molecule has 0 aliphatic heterocycles. The Hall–Kier alpha value is -1.50. The zero-order valence-corrected chi connectivity index (χ0v) is 10.6. The molecule has 19 heavy (non-hydrogen) atoms. The number of aryl methyl sites for hydroxylation is 1. The highest BCUT2D eigenvalue weighted by atomic mass is 19.1. The number of hydrogen-bond acceptors (Lipinski definition) is 4. The molecule has 6 heteroatoms. The van der Waals surface area contributed by atoms with Crippen molar-refractivity contribution in [2.75, 3.05) is 13.6 Å². The van der Waals surface area contributed by atoms with Crippen LogP contribution in [0.15, 0.2) is 18.2 Å². The molecule has 1 aromatic carbocycles. The molecule has 0 saturated heterocycles. The van der Waals surface area contributed by atoms with Crippen LogP contribution in [0.2, 0.25) is 0 Å². The molecule has 0 fully saturated rings. The highest BCUT2D eigenvalue weighted by molar-refractivity contribution is 5.67. The maximum absolute atomic E-state index is 13.7. The number of carboxylic acid groups (broad SMARTS) is 1. The van der Waals surface area contributed by atoms with Gasteiger partial charge in [-0.2, -0.15) is 0 Å². The Kier molecular flexibility index (Phi) is 5.88. The summed E-state index contributed by atoms with van der Waals surface area (Å²) in [5, 5.41) is 30.6. The number of rotatable bonds is 7. The molecule has 4 N–H and O–H groups in total. The van der Waals surface area contributed by atoms with Gasteiger partial charge in [0.1, 0.15) is 11.9 Å². The van der Waals surface area contributed by atoms with Gasteiger partial charge in [-0.25, -0.2) is 4.39 Å². The van der Waals surface area contributed by atoms with Crippen LogP contribution >= 0.6 is 0 Å². The Morgan fingerprint density at radius 3 is 2.63 bits per heavy atom. The van der Waals surface area contributed by atoms with Crippen molar-refractivity contribution in [2.24, 2.45) is 0 Å². The number of nitrogens with one attached hydrogen (secondary N) is 1. The fraction of sp³-hybridized carbons (Fsp3) is 0.462. The number of benzene rings is 1. The van der Waals surface area contributed by atoms with E-state index in [9.17, 15) is 19.4 Å². The fourth-order valence-electron chi connectivity index (χ4n) is 1.73. The first-order chi connectivity index (χ1) is 8.95. The third-order valence-corrected chi connectivity index (χ3v) is 2.80. The molecule has 0 saturated carbocycles. The van der Waals surface area contributed by atoms with Crippen LogP contribution in [-0.4, -0.2) is 41.0 Å². The molecule has 2 atom stereocenters. The summed E-state index contributed by atoms with van der Waals surface area (Å²) in [6.07, 6.45) is -2.28. The highest BCUT2D eigenvalue weighted by Gasteiger charge is 2.18. The van der Waals surface area contributed by atoms with Crippen molar-refractivity contribution in [3.63, 3.8) is 0 Å². The Bertz CT molecular complexity index is 439. The first-order valence-electron chi connectivity index (χ1n) is 5.96. The zero-order valence-electron chi connectivity index (χ0n) is 10.6. The minimum atomic E-state index is -1.18. The van der Waals surface area contributed by atoms with Crippen molar-refractivity contribution >= 4 is 5.97 Å². The van der Waals surface area contributed by atoms with Gasteiger partial charge in [0.05, 0.1) is 6.10 Å². The molecule has 1 aromatic rings. The molecule has 2 unspecified atom stereocenters. The second-order valence-electron chi connectivity index (χ2n) is 4.31. The molecular formula is C13H18FNO4. The molecule has 0 bridgehead atoms. The number of aliphatic hydroxyl groups is 2. The Balaban J connectivity index is 2.78. The van der Waals surface area contributed by atoms with Gasteiger partial charge >= 0.3 is 5.97 Å². The number of hydrogen-bond donors (Lipinski definition) is 4. The summed E-state index contributed by atoms with van der Waals surface area (Å²) in [5.41, 5.74) is 0.542. The van der Waals surface area contributed by atoms with E-state index in [1.165, 1.54) is 12.1 Å². The quantitative estimate of drug-likeness (QED) is 0.578. The van der Waals surface area contributed by atoms with Gasteiger partial charge in [0, 0.05) is 13.0 Å². The van der Waals surface area contributed by atoms with E-state index in [-0.39, 0.29) is 30.5 Å². The first kappa shape index (κ1) is 15.6. The van der Waals surface area contributed by atoms with Crippen LogP contribution in [0, 0.1) is 5.82 Å². The van der Waals surface area contributed by atoms with Crippen molar-refractivity contribution in [3.8, 4) is 0 Å². The average molecular weight is 271 g/mol. The lowest BCUT2D eigenvalue weighted by molar-refractivity contribution is -0.136. The lowest BCUT2D eigenvalue weighted by atomic mass is 10.0.